The molecule has 0 fully saturated rings. The van der Waals surface area contributed by atoms with Crippen molar-refractivity contribution in [3.05, 3.63) is 35.4 Å². The second kappa shape index (κ2) is 6.58. The number of rotatable bonds is 4. The number of urea groups is 1. The van der Waals surface area contributed by atoms with Crippen LogP contribution in [0.4, 0.5) is 10.5 Å². The molecule has 0 saturated carbocycles. The van der Waals surface area contributed by atoms with Crippen molar-refractivity contribution in [1.29, 1.82) is 0 Å². The molecule has 5 heteroatoms. The van der Waals surface area contributed by atoms with Gasteiger partial charge in [0.25, 0.3) is 0 Å². The fraction of sp³-hybridized carbons (Fsp3) is 0.286. The molecule has 0 aliphatic rings. The molecule has 0 aliphatic heterocycles. The van der Waals surface area contributed by atoms with Gasteiger partial charge in [-0.1, -0.05) is 12.1 Å². The lowest BCUT2D eigenvalue weighted by molar-refractivity contribution is -0.131. The minimum atomic E-state index is -1.00. The van der Waals surface area contributed by atoms with E-state index in [-0.39, 0.29) is 6.03 Å². The van der Waals surface area contributed by atoms with Crippen LogP contribution in [-0.2, 0) is 4.79 Å². The second-order valence-electron chi connectivity index (χ2n) is 4.19. The molecular formula is C14H18N2O3. The molecule has 0 aliphatic carbocycles. The number of carbonyl (C=O) groups is 2. The van der Waals surface area contributed by atoms with Crippen LogP contribution in [0.15, 0.2) is 24.3 Å². The highest BCUT2D eigenvalue weighted by Gasteiger charge is 2.08. The van der Waals surface area contributed by atoms with Crippen molar-refractivity contribution in [2.45, 2.75) is 13.8 Å². The van der Waals surface area contributed by atoms with Gasteiger partial charge in [0, 0.05) is 25.4 Å². The number of aryl methyl sites for hydroxylation is 1. The average Bonchev–Trinajstić information content (AvgIpc) is 2.38. The zero-order valence-corrected chi connectivity index (χ0v) is 11.3. The van der Waals surface area contributed by atoms with Gasteiger partial charge in [-0.15, -0.1) is 0 Å². The molecule has 0 spiro atoms. The molecule has 2 N–H and O–H groups in total. The van der Waals surface area contributed by atoms with Gasteiger partial charge >= 0.3 is 12.0 Å². The monoisotopic (exact) mass is 262 g/mol. The van der Waals surface area contributed by atoms with E-state index in [1.807, 2.05) is 19.9 Å². The second-order valence-corrected chi connectivity index (χ2v) is 4.19. The lowest BCUT2D eigenvalue weighted by atomic mass is 10.1. The number of aliphatic carboxylic acids is 1. The molecule has 1 aromatic carbocycles. The molecule has 0 radical (unpaired) electrons. The summed E-state index contributed by atoms with van der Waals surface area (Å²) in [6.07, 6.45) is 2.55. The smallest absolute Gasteiger partial charge is 0.328 e. The van der Waals surface area contributed by atoms with Crippen molar-refractivity contribution < 1.29 is 14.7 Å². The molecule has 2 amide bonds. The quantitative estimate of drug-likeness (QED) is 0.819. The van der Waals surface area contributed by atoms with Crippen LogP contribution < -0.4 is 5.32 Å². The van der Waals surface area contributed by atoms with Crippen LogP contribution in [0.25, 0.3) is 6.08 Å². The Morgan fingerprint density at radius 3 is 2.68 bits per heavy atom. The molecular weight excluding hydrogens is 244 g/mol. The minimum Gasteiger partial charge on any atom is -0.478 e. The zero-order chi connectivity index (χ0) is 14.4. The SMILES string of the molecule is CCN(C)C(=O)Nc1cc(C=CC(=O)O)ccc1C. The van der Waals surface area contributed by atoms with Gasteiger partial charge in [0.1, 0.15) is 0 Å². The van der Waals surface area contributed by atoms with Crippen LogP contribution in [0.5, 0.6) is 0 Å². The molecule has 0 saturated heterocycles. The first-order valence-electron chi connectivity index (χ1n) is 5.97. The van der Waals surface area contributed by atoms with E-state index < -0.39 is 5.97 Å². The highest BCUT2D eigenvalue weighted by molar-refractivity contribution is 5.91. The Morgan fingerprint density at radius 1 is 1.42 bits per heavy atom. The van der Waals surface area contributed by atoms with Gasteiger partial charge in [0.2, 0.25) is 0 Å². The maximum atomic E-state index is 11.8. The van der Waals surface area contributed by atoms with Crippen LogP contribution in [-0.4, -0.2) is 35.6 Å². The summed E-state index contributed by atoms with van der Waals surface area (Å²) in [6, 6.07) is 5.19. The maximum Gasteiger partial charge on any atom is 0.328 e. The Kier molecular flexibility index (Phi) is 5.11. The van der Waals surface area contributed by atoms with E-state index in [4.69, 9.17) is 5.11 Å². The summed E-state index contributed by atoms with van der Waals surface area (Å²) in [5, 5.41) is 11.4. The van der Waals surface area contributed by atoms with Gasteiger partial charge in [0.15, 0.2) is 0 Å². The number of anilines is 1. The van der Waals surface area contributed by atoms with Gasteiger partial charge in [0.05, 0.1) is 0 Å². The Hall–Kier alpha value is -2.30. The number of hydrogen-bond donors (Lipinski definition) is 2. The van der Waals surface area contributed by atoms with Crippen LogP contribution in [0.3, 0.4) is 0 Å². The zero-order valence-electron chi connectivity index (χ0n) is 11.3. The summed E-state index contributed by atoms with van der Waals surface area (Å²) >= 11 is 0. The summed E-state index contributed by atoms with van der Waals surface area (Å²) in [6.45, 7) is 4.38. The first-order chi connectivity index (χ1) is 8.93. The van der Waals surface area contributed by atoms with Gasteiger partial charge in [-0.25, -0.2) is 9.59 Å². The third-order valence-electron chi connectivity index (χ3n) is 2.74. The van der Waals surface area contributed by atoms with Crippen molar-refractivity contribution in [3.63, 3.8) is 0 Å². The summed E-state index contributed by atoms with van der Waals surface area (Å²) < 4.78 is 0. The van der Waals surface area contributed by atoms with Crippen LogP contribution in [0, 0.1) is 6.92 Å². The maximum absolute atomic E-state index is 11.8. The Bertz CT molecular complexity index is 509. The first kappa shape index (κ1) is 14.8. The highest BCUT2D eigenvalue weighted by Crippen LogP contribution is 2.18. The summed E-state index contributed by atoms with van der Waals surface area (Å²) in [7, 11) is 1.71. The van der Waals surface area contributed by atoms with E-state index in [1.165, 1.54) is 6.08 Å². The van der Waals surface area contributed by atoms with Gasteiger partial charge < -0.3 is 15.3 Å². The molecule has 1 rings (SSSR count). The normalized spacial score (nSPS) is 10.5. The van der Waals surface area contributed by atoms with Crippen molar-refractivity contribution >= 4 is 23.8 Å². The molecule has 0 unspecified atom stereocenters. The number of carbonyl (C=O) groups excluding carboxylic acids is 1. The van der Waals surface area contributed by atoms with Gasteiger partial charge in [-0.05, 0) is 37.1 Å². The third kappa shape index (κ3) is 4.46. The van der Waals surface area contributed by atoms with Crippen molar-refractivity contribution in [3.8, 4) is 0 Å². The Labute approximate surface area is 112 Å². The minimum absolute atomic E-state index is 0.190. The lowest BCUT2D eigenvalue weighted by Crippen LogP contribution is -2.31. The van der Waals surface area contributed by atoms with Crippen molar-refractivity contribution in [1.82, 2.24) is 4.90 Å². The standard InChI is InChI=1S/C14H18N2O3/c1-4-16(3)14(19)15-12-9-11(6-5-10(12)2)7-8-13(17)18/h5-9H,4H2,1-3H3,(H,15,19)(H,17,18). The number of amides is 2. The summed E-state index contributed by atoms with van der Waals surface area (Å²) in [5.74, 6) is -1.00. The van der Waals surface area contributed by atoms with E-state index in [1.54, 1.807) is 24.1 Å². The topological polar surface area (TPSA) is 69.6 Å². The van der Waals surface area contributed by atoms with E-state index in [0.717, 1.165) is 17.2 Å². The predicted octanol–water partition coefficient (Wildman–Crippen LogP) is 2.58. The fourth-order valence-corrected chi connectivity index (χ4v) is 1.40. The van der Waals surface area contributed by atoms with Crippen LogP contribution >= 0.6 is 0 Å². The molecule has 0 bridgehead atoms. The lowest BCUT2D eigenvalue weighted by Gasteiger charge is -2.17. The van der Waals surface area contributed by atoms with Gasteiger partial charge in [-0.3, -0.25) is 0 Å². The number of hydrogen-bond acceptors (Lipinski definition) is 2. The number of nitrogens with one attached hydrogen (secondary N) is 1. The molecule has 19 heavy (non-hydrogen) atoms. The number of nitrogens with zero attached hydrogens (tertiary/aromatic N) is 1. The Balaban J connectivity index is 2.91. The van der Waals surface area contributed by atoms with E-state index >= 15 is 0 Å². The molecule has 1 aromatic rings. The number of carboxylic acids is 1. The van der Waals surface area contributed by atoms with E-state index in [0.29, 0.717) is 12.2 Å². The van der Waals surface area contributed by atoms with Crippen molar-refractivity contribution in [2.75, 3.05) is 18.9 Å². The molecule has 0 heterocycles. The molecule has 5 nitrogen and oxygen atoms in total. The number of carboxylic acid groups (broad SMARTS) is 1. The van der Waals surface area contributed by atoms with Gasteiger partial charge in [-0.2, -0.15) is 0 Å². The molecule has 102 valence electrons. The van der Waals surface area contributed by atoms with E-state index in [9.17, 15) is 9.59 Å². The highest BCUT2D eigenvalue weighted by atomic mass is 16.4. The average molecular weight is 262 g/mol. The Morgan fingerprint density at radius 2 is 2.11 bits per heavy atom. The number of benzene rings is 1. The first-order valence-corrected chi connectivity index (χ1v) is 5.97. The molecule has 0 aromatic heterocycles. The summed E-state index contributed by atoms with van der Waals surface area (Å²) in [4.78, 5) is 23.8. The largest absolute Gasteiger partial charge is 0.478 e. The summed E-state index contributed by atoms with van der Waals surface area (Å²) in [5.41, 5.74) is 2.32. The van der Waals surface area contributed by atoms with Crippen molar-refractivity contribution in [2.24, 2.45) is 0 Å². The predicted molar refractivity (Wildman–Crippen MR) is 75.2 cm³/mol. The fourth-order valence-electron chi connectivity index (χ4n) is 1.40. The van der Waals surface area contributed by atoms with Crippen LogP contribution in [0.1, 0.15) is 18.1 Å². The third-order valence-corrected chi connectivity index (χ3v) is 2.74. The molecule has 0 atom stereocenters. The van der Waals surface area contributed by atoms with E-state index in [2.05, 4.69) is 5.32 Å². The van der Waals surface area contributed by atoms with Crippen LogP contribution in [0.2, 0.25) is 0 Å².